The molecule has 2 aromatic carbocycles. The van der Waals surface area contributed by atoms with Crippen LogP contribution < -0.4 is 16.0 Å². The van der Waals surface area contributed by atoms with Gasteiger partial charge in [0, 0.05) is 5.69 Å². The van der Waals surface area contributed by atoms with Gasteiger partial charge in [-0.2, -0.15) is 0 Å². The number of carbonyl (C=O) groups is 2. The molecular weight excluding hydrogens is 326 g/mol. The molecule has 1 fully saturated rings. The topological polar surface area (TPSA) is 70.2 Å². The molecule has 0 spiro atoms. The molecule has 0 heterocycles. The second-order valence-corrected chi connectivity index (χ2v) is 6.61. The molecule has 5 nitrogen and oxygen atoms in total. The molecule has 0 radical (unpaired) electrons. The number of amides is 3. The number of carbonyl (C=O) groups excluding carboxylic acids is 2. The summed E-state index contributed by atoms with van der Waals surface area (Å²) in [5.41, 5.74) is 2.97. The maximum absolute atomic E-state index is 12.2. The molecule has 3 N–H and O–H groups in total. The van der Waals surface area contributed by atoms with Gasteiger partial charge in [0.1, 0.15) is 0 Å². The zero-order valence-electron chi connectivity index (χ0n) is 15.0. The van der Waals surface area contributed by atoms with Crippen molar-refractivity contribution < 1.29 is 9.59 Å². The highest BCUT2D eigenvalue weighted by molar-refractivity contribution is 5.94. The van der Waals surface area contributed by atoms with Gasteiger partial charge in [-0.05, 0) is 42.4 Å². The van der Waals surface area contributed by atoms with Gasteiger partial charge in [0.15, 0.2) is 0 Å². The molecule has 3 amide bonds. The van der Waals surface area contributed by atoms with Crippen molar-refractivity contribution in [3.63, 3.8) is 0 Å². The van der Waals surface area contributed by atoms with Gasteiger partial charge in [0.2, 0.25) is 5.91 Å². The number of benzene rings is 2. The van der Waals surface area contributed by atoms with Gasteiger partial charge in [-0.15, -0.1) is 0 Å². The van der Waals surface area contributed by atoms with Crippen LogP contribution in [0.25, 0.3) is 0 Å². The zero-order valence-corrected chi connectivity index (χ0v) is 15.0. The second-order valence-electron chi connectivity index (χ2n) is 6.61. The van der Waals surface area contributed by atoms with E-state index >= 15 is 0 Å². The molecule has 26 heavy (non-hydrogen) atoms. The number of hydrogen-bond acceptors (Lipinski definition) is 2. The first kappa shape index (κ1) is 18.0. The minimum Gasteiger partial charge on any atom is -0.331 e. The predicted octanol–water partition coefficient (Wildman–Crippen LogP) is 3.64. The van der Waals surface area contributed by atoms with Crippen molar-refractivity contribution >= 4 is 17.6 Å². The van der Waals surface area contributed by atoms with Crippen LogP contribution in [0.2, 0.25) is 0 Å². The summed E-state index contributed by atoms with van der Waals surface area (Å²) in [5, 5.41) is 8.52. The number of urea groups is 1. The summed E-state index contributed by atoms with van der Waals surface area (Å²) in [6.07, 6.45) is 3.08. The van der Waals surface area contributed by atoms with Crippen molar-refractivity contribution in [3.8, 4) is 0 Å². The zero-order chi connectivity index (χ0) is 18.4. The molecule has 0 aliphatic heterocycles. The summed E-state index contributed by atoms with van der Waals surface area (Å²) in [7, 11) is 0. The highest BCUT2D eigenvalue weighted by Gasteiger charge is 2.33. The highest BCUT2D eigenvalue weighted by atomic mass is 16.2. The molecule has 1 aliphatic carbocycles. The van der Waals surface area contributed by atoms with Gasteiger partial charge >= 0.3 is 6.03 Å². The quantitative estimate of drug-likeness (QED) is 0.713. The van der Waals surface area contributed by atoms with Crippen LogP contribution in [0.15, 0.2) is 54.6 Å². The smallest absolute Gasteiger partial charge is 0.315 e. The van der Waals surface area contributed by atoms with E-state index in [2.05, 4.69) is 16.0 Å². The minimum absolute atomic E-state index is 0.0000728. The number of anilines is 1. The van der Waals surface area contributed by atoms with Crippen LogP contribution in [0.3, 0.4) is 0 Å². The average molecular weight is 351 g/mol. The largest absolute Gasteiger partial charge is 0.331 e. The van der Waals surface area contributed by atoms with Gasteiger partial charge in [-0.25, -0.2) is 4.79 Å². The van der Waals surface area contributed by atoms with Crippen LogP contribution in [-0.4, -0.2) is 18.5 Å². The van der Waals surface area contributed by atoms with E-state index in [9.17, 15) is 9.59 Å². The normalized spacial score (nSPS) is 14.3. The Balaban J connectivity index is 1.51. The lowest BCUT2D eigenvalue weighted by Crippen LogP contribution is -2.42. The van der Waals surface area contributed by atoms with E-state index in [1.165, 1.54) is 0 Å². The fraction of sp³-hybridized carbons (Fsp3) is 0.333. The number of nitrogens with one attached hydrogen (secondary N) is 3. The van der Waals surface area contributed by atoms with Crippen LogP contribution in [0.5, 0.6) is 0 Å². The Bertz CT molecular complexity index is 757. The maximum atomic E-state index is 12.2. The summed E-state index contributed by atoms with van der Waals surface area (Å²) in [6, 6.07) is 17.3. The van der Waals surface area contributed by atoms with Gasteiger partial charge < -0.3 is 16.0 Å². The Kier molecular flexibility index (Phi) is 5.89. The summed E-state index contributed by atoms with van der Waals surface area (Å²) in [6.45, 7) is 1.98. The van der Waals surface area contributed by atoms with Gasteiger partial charge in [-0.1, -0.05) is 55.5 Å². The van der Waals surface area contributed by atoms with Crippen molar-refractivity contribution in [2.24, 2.45) is 5.92 Å². The van der Waals surface area contributed by atoms with Crippen LogP contribution in [-0.2, 0) is 11.2 Å². The lowest BCUT2D eigenvalue weighted by molar-refractivity contribution is -0.115. The SMILES string of the molecule is CCc1ccccc1NC(=O)CNC(=O)NC(c1ccccc1)C1CC1. The summed E-state index contributed by atoms with van der Waals surface area (Å²) < 4.78 is 0. The molecular formula is C21H25N3O2. The Morgan fingerprint density at radius 1 is 1.04 bits per heavy atom. The molecule has 5 heteroatoms. The van der Waals surface area contributed by atoms with E-state index in [1.807, 2.05) is 61.5 Å². The van der Waals surface area contributed by atoms with E-state index in [4.69, 9.17) is 0 Å². The molecule has 0 bridgehead atoms. The minimum atomic E-state index is -0.315. The van der Waals surface area contributed by atoms with Crippen molar-refractivity contribution in [3.05, 3.63) is 65.7 Å². The molecule has 0 saturated heterocycles. The first-order valence-corrected chi connectivity index (χ1v) is 9.14. The van der Waals surface area contributed by atoms with Crippen molar-refractivity contribution in [2.75, 3.05) is 11.9 Å². The summed E-state index contributed by atoms with van der Waals surface area (Å²) in [4.78, 5) is 24.4. The average Bonchev–Trinajstić information content (AvgIpc) is 3.50. The molecule has 136 valence electrons. The monoisotopic (exact) mass is 351 g/mol. The number of rotatable bonds is 7. The predicted molar refractivity (Wildman–Crippen MR) is 103 cm³/mol. The first-order chi connectivity index (χ1) is 12.7. The summed E-state index contributed by atoms with van der Waals surface area (Å²) >= 11 is 0. The third-order valence-electron chi connectivity index (χ3n) is 4.62. The van der Waals surface area contributed by atoms with Gasteiger partial charge in [0.25, 0.3) is 0 Å². The van der Waals surface area contributed by atoms with Crippen LogP contribution in [0, 0.1) is 5.92 Å². The van der Waals surface area contributed by atoms with Gasteiger partial charge in [0.05, 0.1) is 12.6 Å². The van der Waals surface area contributed by atoms with E-state index < -0.39 is 0 Å². The second kappa shape index (κ2) is 8.52. The van der Waals surface area contributed by atoms with E-state index in [1.54, 1.807) is 0 Å². The van der Waals surface area contributed by atoms with Crippen LogP contribution in [0.4, 0.5) is 10.5 Å². The lowest BCUT2D eigenvalue weighted by Gasteiger charge is -2.19. The Morgan fingerprint density at radius 3 is 2.42 bits per heavy atom. The number of aryl methyl sites for hydroxylation is 1. The van der Waals surface area contributed by atoms with E-state index in [-0.39, 0.29) is 24.5 Å². The lowest BCUT2D eigenvalue weighted by atomic mass is 10.0. The van der Waals surface area contributed by atoms with Crippen molar-refractivity contribution in [1.82, 2.24) is 10.6 Å². The third-order valence-corrected chi connectivity index (χ3v) is 4.62. The van der Waals surface area contributed by atoms with Crippen molar-refractivity contribution in [2.45, 2.75) is 32.2 Å². The Morgan fingerprint density at radius 2 is 1.73 bits per heavy atom. The molecule has 2 aromatic rings. The number of hydrogen-bond donors (Lipinski definition) is 3. The maximum Gasteiger partial charge on any atom is 0.315 e. The standard InChI is InChI=1S/C21H25N3O2/c1-2-15-8-6-7-11-18(15)23-19(25)14-22-21(26)24-20(17-12-13-17)16-9-4-3-5-10-16/h3-11,17,20H,2,12-14H2,1H3,(H,23,25)(H2,22,24,26). The van der Waals surface area contributed by atoms with Crippen LogP contribution in [0.1, 0.15) is 36.9 Å². The Labute approximate surface area is 154 Å². The van der Waals surface area contributed by atoms with E-state index in [0.29, 0.717) is 5.92 Å². The summed E-state index contributed by atoms with van der Waals surface area (Å²) in [5.74, 6) is 0.247. The highest BCUT2D eigenvalue weighted by Crippen LogP contribution is 2.40. The fourth-order valence-corrected chi connectivity index (χ4v) is 3.06. The third kappa shape index (κ3) is 4.85. The van der Waals surface area contributed by atoms with E-state index in [0.717, 1.165) is 36.1 Å². The number of para-hydroxylation sites is 1. The molecule has 0 aromatic heterocycles. The van der Waals surface area contributed by atoms with Gasteiger partial charge in [-0.3, -0.25) is 4.79 Å². The fourth-order valence-electron chi connectivity index (χ4n) is 3.06. The molecule has 1 unspecified atom stereocenters. The van der Waals surface area contributed by atoms with Crippen molar-refractivity contribution in [1.29, 1.82) is 0 Å². The molecule has 3 rings (SSSR count). The van der Waals surface area contributed by atoms with Crippen LogP contribution >= 0.6 is 0 Å². The molecule has 1 saturated carbocycles. The first-order valence-electron chi connectivity index (χ1n) is 9.14. The molecule has 1 aliphatic rings. The molecule has 1 atom stereocenters. The Hall–Kier alpha value is -2.82.